The van der Waals surface area contributed by atoms with Crippen LogP contribution in [-0.2, 0) is 10.0 Å². The molecule has 2 aromatic heterocycles. The van der Waals surface area contributed by atoms with Crippen LogP contribution in [0.3, 0.4) is 0 Å². The van der Waals surface area contributed by atoms with E-state index in [9.17, 15) is 13.2 Å². The van der Waals surface area contributed by atoms with Gasteiger partial charge in [0.05, 0.1) is 17.6 Å². The first-order chi connectivity index (χ1) is 14.3. The Bertz CT molecular complexity index is 1150. The Morgan fingerprint density at radius 1 is 1.23 bits per heavy atom. The van der Waals surface area contributed by atoms with Crippen molar-refractivity contribution in [2.45, 2.75) is 11.8 Å². The van der Waals surface area contributed by atoms with E-state index in [1.165, 1.54) is 25.3 Å². The number of hydrogen-bond donors (Lipinski definition) is 3. The van der Waals surface area contributed by atoms with Crippen LogP contribution in [0.5, 0.6) is 5.75 Å². The van der Waals surface area contributed by atoms with Crippen molar-refractivity contribution in [1.29, 1.82) is 0 Å². The van der Waals surface area contributed by atoms with Crippen LogP contribution < -0.4 is 20.5 Å². The Morgan fingerprint density at radius 2 is 2.03 bits per heavy atom. The third-order valence-electron chi connectivity index (χ3n) is 4.03. The molecule has 0 atom stereocenters. The fraction of sp³-hybridized carbons (Fsp3) is 0.222. The van der Waals surface area contributed by atoms with Crippen LogP contribution in [0.1, 0.15) is 16.2 Å². The van der Waals surface area contributed by atoms with Gasteiger partial charge in [-0.1, -0.05) is 0 Å². The van der Waals surface area contributed by atoms with Crippen molar-refractivity contribution < 1.29 is 17.9 Å². The number of ether oxygens (including phenoxy) is 1. The number of nitrogens with zero attached hydrogens (tertiary/aromatic N) is 4. The summed E-state index contributed by atoms with van der Waals surface area (Å²) in [5.74, 6) is 1.09. The van der Waals surface area contributed by atoms with E-state index in [1.54, 1.807) is 36.1 Å². The molecule has 0 aliphatic carbocycles. The van der Waals surface area contributed by atoms with Gasteiger partial charge in [-0.2, -0.15) is 5.10 Å². The number of primary amides is 1. The monoisotopic (exact) mass is 431 g/mol. The summed E-state index contributed by atoms with van der Waals surface area (Å²) in [5.41, 5.74) is 5.27. The molecule has 4 N–H and O–H groups in total. The van der Waals surface area contributed by atoms with Crippen molar-refractivity contribution in [3.05, 3.63) is 54.1 Å². The minimum Gasteiger partial charge on any atom is -0.496 e. The summed E-state index contributed by atoms with van der Waals surface area (Å²) in [7, 11) is -2.48. The van der Waals surface area contributed by atoms with E-state index in [4.69, 9.17) is 10.5 Å². The lowest BCUT2D eigenvalue weighted by atomic mass is 10.2. The second-order valence-corrected chi connectivity index (χ2v) is 7.93. The molecule has 0 fully saturated rings. The van der Waals surface area contributed by atoms with Gasteiger partial charge in [0, 0.05) is 31.5 Å². The number of carbonyl (C=O) groups excluding carboxylic acids is 1. The van der Waals surface area contributed by atoms with E-state index >= 15 is 0 Å². The maximum atomic E-state index is 12.5. The molecule has 0 spiro atoms. The Labute approximate surface area is 173 Å². The van der Waals surface area contributed by atoms with Crippen molar-refractivity contribution in [1.82, 2.24) is 24.5 Å². The third kappa shape index (κ3) is 4.90. The number of methoxy groups -OCH3 is 1. The highest BCUT2D eigenvalue weighted by Gasteiger charge is 2.18. The number of aryl methyl sites for hydroxylation is 1. The largest absolute Gasteiger partial charge is 0.496 e. The van der Waals surface area contributed by atoms with Crippen LogP contribution in [0.4, 0.5) is 5.82 Å². The molecular formula is C18H21N7O4S. The topological polar surface area (TPSA) is 154 Å². The van der Waals surface area contributed by atoms with Crippen molar-refractivity contribution in [2.24, 2.45) is 5.73 Å². The lowest BCUT2D eigenvalue weighted by molar-refractivity contribution is 0.0997. The highest BCUT2D eigenvalue weighted by molar-refractivity contribution is 7.89. The molecule has 0 aliphatic heterocycles. The molecule has 0 bridgehead atoms. The Kier molecular flexibility index (Phi) is 6.28. The van der Waals surface area contributed by atoms with E-state index < -0.39 is 15.9 Å². The summed E-state index contributed by atoms with van der Waals surface area (Å²) < 4.78 is 34.1. The smallest absolute Gasteiger partial charge is 0.252 e. The van der Waals surface area contributed by atoms with Crippen LogP contribution in [-0.4, -0.2) is 54.3 Å². The van der Waals surface area contributed by atoms with Gasteiger partial charge in [0.15, 0.2) is 5.82 Å². The molecule has 12 heteroatoms. The lowest BCUT2D eigenvalue weighted by Crippen LogP contribution is -2.29. The predicted molar refractivity (Wildman–Crippen MR) is 109 cm³/mol. The molecule has 1 amide bonds. The Balaban J connectivity index is 1.64. The molecule has 0 saturated heterocycles. The minimum atomic E-state index is -3.85. The quantitative estimate of drug-likeness (QED) is 0.413. The average molecular weight is 431 g/mol. The molecule has 3 rings (SSSR count). The molecule has 2 heterocycles. The summed E-state index contributed by atoms with van der Waals surface area (Å²) in [4.78, 5) is 20.0. The van der Waals surface area contributed by atoms with E-state index in [0.29, 0.717) is 17.5 Å². The number of nitrogens with two attached hydrogens (primary N) is 1. The average Bonchev–Trinajstić information content (AvgIpc) is 3.25. The van der Waals surface area contributed by atoms with Crippen molar-refractivity contribution in [2.75, 3.05) is 25.5 Å². The fourth-order valence-electron chi connectivity index (χ4n) is 2.67. The van der Waals surface area contributed by atoms with Crippen LogP contribution in [0, 0.1) is 6.92 Å². The van der Waals surface area contributed by atoms with Gasteiger partial charge in [0.25, 0.3) is 5.91 Å². The van der Waals surface area contributed by atoms with E-state index in [2.05, 4.69) is 25.1 Å². The maximum absolute atomic E-state index is 12.5. The zero-order chi connectivity index (χ0) is 21.7. The Hall–Kier alpha value is -3.51. The second-order valence-electron chi connectivity index (χ2n) is 6.16. The lowest BCUT2D eigenvalue weighted by Gasteiger charge is -2.11. The molecular weight excluding hydrogens is 410 g/mol. The first kappa shape index (κ1) is 21.2. The molecule has 3 aromatic rings. The van der Waals surface area contributed by atoms with Crippen molar-refractivity contribution >= 4 is 21.7 Å². The zero-order valence-corrected chi connectivity index (χ0v) is 17.2. The normalized spacial score (nSPS) is 11.3. The number of anilines is 1. The molecule has 0 aliphatic rings. The molecule has 158 valence electrons. The number of benzene rings is 1. The van der Waals surface area contributed by atoms with Crippen LogP contribution in [0.2, 0.25) is 0 Å². The number of sulfonamides is 1. The van der Waals surface area contributed by atoms with E-state index in [-0.39, 0.29) is 29.3 Å². The van der Waals surface area contributed by atoms with Gasteiger partial charge in [-0.3, -0.25) is 4.79 Å². The van der Waals surface area contributed by atoms with Gasteiger partial charge in [-0.25, -0.2) is 27.8 Å². The molecule has 11 nitrogen and oxygen atoms in total. The van der Waals surface area contributed by atoms with Gasteiger partial charge in [0.1, 0.15) is 17.4 Å². The highest BCUT2D eigenvalue weighted by Crippen LogP contribution is 2.22. The van der Waals surface area contributed by atoms with Gasteiger partial charge in [-0.05, 0) is 31.2 Å². The summed E-state index contributed by atoms with van der Waals surface area (Å²) in [6, 6.07) is 7.39. The number of hydrogen-bond acceptors (Lipinski definition) is 8. The minimum absolute atomic E-state index is 0.0129. The van der Waals surface area contributed by atoms with Crippen molar-refractivity contribution in [3.8, 4) is 11.6 Å². The Morgan fingerprint density at radius 3 is 2.70 bits per heavy atom. The first-order valence-corrected chi connectivity index (χ1v) is 10.4. The van der Waals surface area contributed by atoms with Crippen molar-refractivity contribution in [3.63, 3.8) is 0 Å². The second kappa shape index (κ2) is 8.88. The number of amides is 1. The fourth-order valence-corrected chi connectivity index (χ4v) is 3.73. The molecule has 0 saturated carbocycles. The van der Waals surface area contributed by atoms with Gasteiger partial charge in [0.2, 0.25) is 10.0 Å². The zero-order valence-electron chi connectivity index (χ0n) is 16.4. The number of rotatable bonds is 9. The number of carbonyl (C=O) groups is 1. The number of nitrogens with one attached hydrogen (secondary N) is 2. The maximum Gasteiger partial charge on any atom is 0.252 e. The van der Waals surface area contributed by atoms with Crippen LogP contribution >= 0.6 is 0 Å². The molecule has 0 radical (unpaired) electrons. The standard InChI is InChI=1S/C18H21N7O4S/c1-12-23-16(11-17(24-12)25-9-3-6-21-25)20-7-8-22-30(27,28)13-4-5-15(29-2)14(10-13)18(19)26/h3-6,9-11,22H,7-8H2,1-2H3,(H2,19,26)(H,20,23,24). The SMILES string of the molecule is COc1ccc(S(=O)(=O)NCCNc2cc(-n3cccn3)nc(C)n2)cc1C(N)=O. The summed E-state index contributed by atoms with van der Waals surface area (Å²) in [6.45, 7) is 2.11. The van der Waals surface area contributed by atoms with Gasteiger partial charge in [-0.15, -0.1) is 0 Å². The van der Waals surface area contributed by atoms with Gasteiger partial charge < -0.3 is 15.8 Å². The molecule has 30 heavy (non-hydrogen) atoms. The van der Waals surface area contributed by atoms with E-state index in [1.807, 2.05) is 0 Å². The van der Waals surface area contributed by atoms with Crippen LogP contribution in [0.15, 0.2) is 47.6 Å². The summed E-state index contributed by atoms with van der Waals surface area (Å²) in [5, 5.41) is 7.17. The van der Waals surface area contributed by atoms with E-state index in [0.717, 1.165) is 0 Å². The van der Waals surface area contributed by atoms with Gasteiger partial charge >= 0.3 is 0 Å². The number of aromatic nitrogens is 4. The first-order valence-electron chi connectivity index (χ1n) is 8.87. The molecule has 0 unspecified atom stereocenters. The molecule has 1 aromatic carbocycles. The predicted octanol–water partition coefficient (Wildman–Crippen LogP) is 0.469. The summed E-state index contributed by atoms with van der Waals surface area (Å²) >= 11 is 0. The highest BCUT2D eigenvalue weighted by atomic mass is 32.2. The summed E-state index contributed by atoms with van der Waals surface area (Å²) in [6.07, 6.45) is 3.40. The van der Waals surface area contributed by atoms with Crippen LogP contribution in [0.25, 0.3) is 5.82 Å². The third-order valence-corrected chi connectivity index (χ3v) is 5.49.